The number of ether oxygens (including phenoxy) is 1. The van der Waals surface area contributed by atoms with E-state index >= 15 is 0 Å². The lowest BCUT2D eigenvalue weighted by molar-refractivity contribution is 0.0595. The van der Waals surface area contributed by atoms with Gasteiger partial charge in [-0.2, -0.15) is 0 Å². The Balaban J connectivity index is 2.09. The van der Waals surface area contributed by atoms with Crippen LogP contribution in [0.3, 0.4) is 0 Å². The maximum Gasteiger partial charge on any atom is 0.360 e. The molecule has 2 aromatic rings. The minimum absolute atomic E-state index is 0.185. The fourth-order valence-corrected chi connectivity index (χ4v) is 2.02. The third-order valence-corrected chi connectivity index (χ3v) is 3.02. The molecule has 108 valence electrons. The summed E-state index contributed by atoms with van der Waals surface area (Å²) in [5, 5.41) is 7.64. The predicted octanol–water partition coefficient (Wildman–Crippen LogP) is 0.496. The van der Waals surface area contributed by atoms with E-state index in [0.717, 1.165) is 18.8 Å². The van der Waals surface area contributed by atoms with Crippen LogP contribution in [-0.2, 0) is 24.2 Å². The van der Waals surface area contributed by atoms with Crippen molar-refractivity contribution in [1.82, 2.24) is 24.5 Å². The summed E-state index contributed by atoms with van der Waals surface area (Å²) in [6.45, 7) is 3.37. The molecule has 0 amide bonds. The highest BCUT2D eigenvalue weighted by Gasteiger charge is 2.19. The average Bonchev–Trinajstić information content (AvgIpc) is 3.07. The molecule has 0 aliphatic heterocycles. The van der Waals surface area contributed by atoms with Gasteiger partial charge < -0.3 is 15.0 Å². The Morgan fingerprint density at radius 3 is 2.85 bits per heavy atom. The van der Waals surface area contributed by atoms with Gasteiger partial charge >= 0.3 is 5.97 Å². The Morgan fingerprint density at radius 2 is 2.25 bits per heavy atom. The number of methoxy groups -OCH3 is 1. The molecule has 0 saturated heterocycles. The first kappa shape index (κ1) is 14.0. The largest absolute Gasteiger partial charge is 0.464 e. The highest BCUT2D eigenvalue weighted by atomic mass is 16.5. The number of nitrogens with zero attached hydrogens (tertiary/aromatic N) is 5. The maximum absolute atomic E-state index is 11.6. The number of hydrogen-bond donors (Lipinski definition) is 1. The van der Waals surface area contributed by atoms with E-state index in [1.165, 1.54) is 7.11 Å². The van der Waals surface area contributed by atoms with Crippen molar-refractivity contribution in [2.75, 3.05) is 12.8 Å². The van der Waals surface area contributed by atoms with Crippen LogP contribution in [0.15, 0.2) is 12.4 Å². The zero-order chi connectivity index (χ0) is 14.5. The number of rotatable bonds is 6. The van der Waals surface area contributed by atoms with Crippen molar-refractivity contribution in [1.29, 1.82) is 0 Å². The molecule has 0 fully saturated rings. The van der Waals surface area contributed by atoms with E-state index in [1.54, 1.807) is 17.1 Å². The van der Waals surface area contributed by atoms with Crippen LogP contribution in [-0.4, -0.2) is 37.6 Å². The van der Waals surface area contributed by atoms with Crippen molar-refractivity contribution < 1.29 is 9.53 Å². The van der Waals surface area contributed by atoms with E-state index in [2.05, 4.69) is 20.0 Å². The predicted molar refractivity (Wildman–Crippen MR) is 72.0 cm³/mol. The topological polar surface area (TPSA) is 101 Å². The highest BCUT2D eigenvalue weighted by molar-refractivity contribution is 5.92. The highest BCUT2D eigenvalue weighted by Crippen LogP contribution is 2.17. The number of nitrogens with two attached hydrogens (primary N) is 1. The van der Waals surface area contributed by atoms with Gasteiger partial charge in [-0.15, -0.1) is 5.10 Å². The molecule has 8 nitrogen and oxygen atoms in total. The van der Waals surface area contributed by atoms with E-state index in [1.807, 2.05) is 11.5 Å². The van der Waals surface area contributed by atoms with Crippen LogP contribution in [0.5, 0.6) is 0 Å². The molecule has 2 rings (SSSR count). The van der Waals surface area contributed by atoms with Crippen molar-refractivity contribution in [3.05, 3.63) is 23.9 Å². The normalized spacial score (nSPS) is 10.7. The molecule has 8 heteroatoms. The van der Waals surface area contributed by atoms with Gasteiger partial charge in [-0.3, -0.25) is 4.68 Å². The minimum Gasteiger partial charge on any atom is -0.464 e. The van der Waals surface area contributed by atoms with E-state index in [4.69, 9.17) is 5.73 Å². The average molecular weight is 278 g/mol. The monoisotopic (exact) mass is 278 g/mol. The molecule has 0 radical (unpaired) electrons. The molecular formula is C12H18N6O2. The second-order valence-corrected chi connectivity index (χ2v) is 4.28. The maximum atomic E-state index is 11.6. The number of aryl methyl sites for hydroxylation is 2. The van der Waals surface area contributed by atoms with Crippen LogP contribution in [0.1, 0.15) is 29.7 Å². The summed E-state index contributed by atoms with van der Waals surface area (Å²) in [7, 11) is 1.32. The number of aromatic nitrogens is 5. The zero-order valence-corrected chi connectivity index (χ0v) is 11.6. The van der Waals surface area contributed by atoms with Crippen molar-refractivity contribution in [2.24, 2.45) is 0 Å². The summed E-state index contributed by atoms with van der Waals surface area (Å²) in [5.41, 5.74) is 6.17. The van der Waals surface area contributed by atoms with Crippen LogP contribution in [0.2, 0.25) is 0 Å². The summed E-state index contributed by atoms with van der Waals surface area (Å²) < 4.78 is 8.28. The summed E-state index contributed by atoms with van der Waals surface area (Å²) >= 11 is 0. The first-order valence-electron chi connectivity index (χ1n) is 6.44. The number of anilines is 1. The van der Waals surface area contributed by atoms with Gasteiger partial charge in [0.1, 0.15) is 11.6 Å². The van der Waals surface area contributed by atoms with Gasteiger partial charge in [0, 0.05) is 25.7 Å². The Morgan fingerprint density at radius 1 is 1.45 bits per heavy atom. The van der Waals surface area contributed by atoms with Crippen LogP contribution >= 0.6 is 0 Å². The Bertz CT molecular complexity index is 575. The smallest absolute Gasteiger partial charge is 0.360 e. The molecule has 2 aromatic heterocycles. The van der Waals surface area contributed by atoms with Gasteiger partial charge in [-0.05, 0) is 6.42 Å². The van der Waals surface area contributed by atoms with Crippen LogP contribution in [0, 0.1) is 0 Å². The molecule has 0 spiro atoms. The second kappa shape index (κ2) is 6.18. The van der Waals surface area contributed by atoms with Gasteiger partial charge in [0.05, 0.1) is 13.3 Å². The number of imidazole rings is 1. The fraction of sp³-hybridized carbons (Fsp3) is 0.500. The molecule has 2 N–H and O–H groups in total. The molecule has 0 atom stereocenters. The first-order chi connectivity index (χ1) is 9.67. The van der Waals surface area contributed by atoms with Gasteiger partial charge in [-0.1, -0.05) is 12.1 Å². The standard InChI is InChI=1S/C12H18N6O2/c1-3-9-15-10(12(19)20-2)11(13)18(9)7-4-6-17-8-5-14-16-17/h5,8H,3-4,6-7,13H2,1-2H3. The lowest BCUT2D eigenvalue weighted by Gasteiger charge is -2.08. The van der Waals surface area contributed by atoms with E-state index in [0.29, 0.717) is 18.8 Å². The number of esters is 1. The molecule has 0 aliphatic rings. The SMILES string of the molecule is CCc1nc(C(=O)OC)c(N)n1CCCn1ccnn1. The molecule has 0 aromatic carbocycles. The third-order valence-electron chi connectivity index (χ3n) is 3.02. The van der Waals surface area contributed by atoms with Crippen LogP contribution in [0.25, 0.3) is 0 Å². The molecule has 0 aliphatic carbocycles. The Kier molecular flexibility index (Phi) is 4.34. The lowest BCUT2D eigenvalue weighted by atomic mass is 10.3. The quantitative estimate of drug-likeness (QED) is 0.772. The van der Waals surface area contributed by atoms with Gasteiger partial charge in [0.25, 0.3) is 0 Å². The van der Waals surface area contributed by atoms with Gasteiger partial charge in [0.2, 0.25) is 0 Å². The van der Waals surface area contributed by atoms with Crippen LogP contribution in [0.4, 0.5) is 5.82 Å². The van der Waals surface area contributed by atoms with Crippen molar-refractivity contribution >= 4 is 11.8 Å². The van der Waals surface area contributed by atoms with Gasteiger partial charge in [0.15, 0.2) is 5.69 Å². The van der Waals surface area contributed by atoms with E-state index < -0.39 is 5.97 Å². The van der Waals surface area contributed by atoms with Gasteiger partial charge in [-0.25, -0.2) is 9.78 Å². The second-order valence-electron chi connectivity index (χ2n) is 4.28. The number of carbonyl (C=O) groups excluding carboxylic acids is 1. The summed E-state index contributed by atoms with van der Waals surface area (Å²) in [5.74, 6) is 0.626. The van der Waals surface area contributed by atoms with Crippen LogP contribution < -0.4 is 5.73 Å². The molecule has 20 heavy (non-hydrogen) atoms. The number of hydrogen-bond acceptors (Lipinski definition) is 6. The summed E-state index contributed by atoms with van der Waals surface area (Å²) in [6.07, 6.45) is 4.96. The number of nitrogen functional groups attached to an aromatic ring is 1. The minimum atomic E-state index is -0.507. The van der Waals surface area contributed by atoms with E-state index in [9.17, 15) is 4.79 Å². The zero-order valence-electron chi connectivity index (χ0n) is 11.6. The molecule has 0 unspecified atom stereocenters. The third kappa shape index (κ3) is 2.79. The first-order valence-corrected chi connectivity index (χ1v) is 6.44. The fourth-order valence-electron chi connectivity index (χ4n) is 2.02. The Labute approximate surface area is 116 Å². The van der Waals surface area contributed by atoms with Crippen molar-refractivity contribution in [3.8, 4) is 0 Å². The van der Waals surface area contributed by atoms with E-state index in [-0.39, 0.29) is 5.69 Å². The lowest BCUT2D eigenvalue weighted by Crippen LogP contribution is -2.11. The van der Waals surface area contributed by atoms with Crippen molar-refractivity contribution in [3.63, 3.8) is 0 Å². The Hall–Kier alpha value is -2.38. The molecule has 2 heterocycles. The van der Waals surface area contributed by atoms with Crippen molar-refractivity contribution in [2.45, 2.75) is 32.9 Å². The summed E-state index contributed by atoms with van der Waals surface area (Å²) in [6, 6.07) is 0. The molecule has 0 saturated carbocycles. The molecule has 0 bridgehead atoms. The molecular weight excluding hydrogens is 260 g/mol. The summed E-state index contributed by atoms with van der Waals surface area (Å²) in [4.78, 5) is 15.8. The number of carbonyl (C=O) groups is 1.